The molecule has 0 saturated heterocycles. The number of halogens is 2. The molecule has 0 saturated carbocycles. The van der Waals surface area contributed by atoms with Gasteiger partial charge in [-0.15, -0.1) is 0 Å². The van der Waals surface area contributed by atoms with Gasteiger partial charge in [-0.2, -0.15) is 4.39 Å². The average Bonchev–Trinajstić information content (AvgIpc) is 2.28. The summed E-state index contributed by atoms with van der Waals surface area (Å²) in [6, 6.07) is 3.45. The number of benzene rings is 1. The van der Waals surface area contributed by atoms with Gasteiger partial charge >= 0.3 is 0 Å². The van der Waals surface area contributed by atoms with Crippen LogP contribution in [0.1, 0.15) is 0 Å². The van der Waals surface area contributed by atoms with E-state index in [0.717, 1.165) is 6.07 Å². The smallest absolute Gasteiger partial charge is 0.258 e. The molecule has 1 aromatic carbocycles. The summed E-state index contributed by atoms with van der Waals surface area (Å²) < 4.78 is 30.5. The highest BCUT2D eigenvalue weighted by molar-refractivity contribution is 5.77. The number of carbonyl (C=O) groups excluding carboxylic acids is 1. The highest BCUT2D eigenvalue weighted by Gasteiger charge is 2.10. The maximum Gasteiger partial charge on any atom is 0.258 e. The zero-order valence-electron chi connectivity index (χ0n) is 8.37. The zero-order valence-corrected chi connectivity index (χ0v) is 8.37. The lowest BCUT2D eigenvalue weighted by Gasteiger charge is -2.07. The van der Waals surface area contributed by atoms with Gasteiger partial charge in [-0.25, -0.2) is 4.39 Å². The Bertz CT molecular complexity index is 371. The molecule has 1 rings (SSSR count). The lowest BCUT2D eigenvalue weighted by molar-refractivity contribution is -0.123. The Kier molecular flexibility index (Phi) is 4.65. The molecule has 0 bridgehead atoms. The minimum absolute atomic E-state index is 0.0911. The van der Waals surface area contributed by atoms with Crippen LogP contribution >= 0.6 is 0 Å². The Morgan fingerprint density at radius 2 is 2.19 bits per heavy atom. The van der Waals surface area contributed by atoms with Gasteiger partial charge in [0.2, 0.25) is 5.82 Å². The maximum atomic E-state index is 13.0. The maximum absolute atomic E-state index is 13.0. The third kappa shape index (κ3) is 3.47. The van der Waals surface area contributed by atoms with E-state index in [-0.39, 0.29) is 18.9 Å². The second-order valence-corrected chi connectivity index (χ2v) is 2.91. The average molecular weight is 231 g/mol. The van der Waals surface area contributed by atoms with Gasteiger partial charge in [0, 0.05) is 6.54 Å². The van der Waals surface area contributed by atoms with E-state index in [0.29, 0.717) is 0 Å². The number of rotatable bonds is 5. The van der Waals surface area contributed by atoms with Crippen LogP contribution < -0.4 is 10.1 Å². The molecule has 4 nitrogen and oxygen atoms in total. The minimum atomic E-state index is -1.13. The van der Waals surface area contributed by atoms with E-state index in [1.807, 2.05) is 0 Å². The minimum Gasteiger partial charge on any atom is -0.481 e. The fourth-order valence-electron chi connectivity index (χ4n) is 0.985. The highest BCUT2D eigenvalue weighted by Crippen LogP contribution is 2.18. The first-order valence-corrected chi connectivity index (χ1v) is 4.59. The Balaban J connectivity index is 2.48. The number of ether oxygens (including phenoxy) is 1. The second-order valence-electron chi connectivity index (χ2n) is 2.91. The predicted octanol–water partition coefficient (Wildman–Crippen LogP) is 0.452. The lowest BCUT2D eigenvalue weighted by atomic mass is 10.3. The van der Waals surface area contributed by atoms with E-state index in [1.54, 1.807) is 0 Å². The highest BCUT2D eigenvalue weighted by atomic mass is 19.2. The first-order valence-electron chi connectivity index (χ1n) is 4.59. The Morgan fingerprint density at radius 3 is 2.88 bits per heavy atom. The first kappa shape index (κ1) is 12.4. The summed E-state index contributed by atoms with van der Waals surface area (Å²) in [5.41, 5.74) is 0. The van der Waals surface area contributed by atoms with Crippen molar-refractivity contribution >= 4 is 5.91 Å². The summed E-state index contributed by atoms with van der Waals surface area (Å²) in [6.45, 7) is -0.533. The van der Waals surface area contributed by atoms with Gasteiger partial charge in [0.15, 0.2) is 18.2 Å². The van der Waals surface area contributed by atoms with Crippen LogP contribution in [0.5, 0.6) is 5.75 Å². The Labute approximate surface area is 90.8 Å². The SMILES string of the molecule is O=C(COc1cccc(F)c1F)NCCO. The molecule has 0 aromatic heterocycles. The molecular formula is C10H11F2NO3. The number of nitrogens with one attached hydrogen (secondary N) is 1. The van der Waals surface area contributed by atoms with E-state index in [4.69, 9.17) is 9.84 Å². The molecule has 0 aliphatic rings. The van der Waals surface area contributed by atoms with E-state index < -0.39 is 24.1 Å². The standard InChI is InChI=1S/C10H11F2NO3/c11-7-2-1-3-8(10(7)12)16-6-9(15)13-4-5-14/h1-3,14H,4-6H2,(H,13,15). The number of carbonyl (C=O) groups is 1. The third-order valence-electron chi connectivity index (χ3n) is 1.71. The van der Waals surface area contributed by atoms with Crippen molar-refractivity contribution in [2.45, 2.75) is 0 Å². The molecular weight excluding hydrogens is 220 g/mol. The molecule has 0 heterocycles. The second kappa shape index (κ2) is 6.02. The topological polar surface area (TPSA) is 58.6 Å². The summed E-state index contributed by atoms with van der Waals surface area (Å²) >= 11 is 0. The fraction of sp³-hybridized carbons (Fsp3) is 0.300. The van der Waals surface area contributed by atoms with E-state index >= 15 is 0 Å². The van der Waals surface area contributed by atoms with Crippen LogP contribution in [0.15, 0.2) is 18.2 Å². The van der Waals surface area contributed by atoms with Gasteiger partial charge in [-0.05, 0) is 12.1 Å². The van der Waals surface area contributed by atoms with Crippen molar-refractivity contribution in [2.24, 2.45) is 0 Å². The largest absolute Gasteiger partial charge is 0.481 e. The molecule has 0 radical (unpaired) electrons. The molecule has 0 fully saturated rings. The summed E-state index contributed by atoms with van der Waals surface area (Å²) in [5.74, 6) is -3.00. The van der Waals surface area contributed by atoms with Crippen molar-refractivity contribution in [1.82, 2.24) is 5.32 Å². The molecule has 6 heteroatoms. The van der Waals surface area contributed by atoms with Crippen LogP contribution in [-0.4, -0.2) is 30.8 Å². The molecule has 88 valence electrons. The van der Waals surface area contributed by atoms with E-state index in [1.165, 1.54) is 12.1 Å². The third-order valence-corrected chi connectivity index (χ3v) is 1.71. The fourth-order valence-corrected chi connectivity index (χ4v) is 0.985. The molecule has 1 aromatic rings. The summed E-state index contributed by atoms with van der Waals surface area (Å²) in [5, 5.41) is 10.7. The van der Waals surface area contributed by atoms with Crippen LogP contribution in [0.3, 0.4) is 0 Å². The molecule has 0 atom stereocenters. The molecule has 1 amide bonds. The van der Waals surface area contributed by atoms with Gasteiger partial charge in [-0.1, -0.05) is 6.07 Å². The van der Waals surface area contributed by atoms with Gasteiger partial charge < -0.3 is 15.2 Å². The summed E-state index contributed by atoms with van der Waals surface area (Å²) in [6.07, 6.45) is 0. The van der Waals surface area contributed by atoms with Gasteiger partial charge in [0.05, 0.1) is 6.61 Å². The number of hydrogen-bond donors (Lipinski definition) is 2. The summed E-state index contributed by atoms with van der Waals surface area (Å²) in [7, 11) is 0. The summed E-state index contributed by atoms with van der Waals surface area (Å²) in [4.78, 5) is 11.0. The predicted molar refractivity (Wildman–Crippen MR) is 51.9 cm³/mol. The molecule has 0 aliphatic heterocycles. The molecule has 0 aliphatic carbocycles. The monoisotopic (exact) mass is 231 g/mol. The van der Waals surface area contributed by atoms with E-state index in [9.17, 15) is 13.6 Å². The van der Waals surface area contributed by atoms with Gasteiger partial charge in [0.25, 0.3) is 5.91 Å². The van der Waals surface area contributed by atoms with Crippen LogP contribution in [-0.2, 0) is 4.79 Å². The lowest BCUT2D eigenvalue weighted by Crippen LogP contribution is -2.31. The van der Waals surface area contributed by atoms with Crippen molar-refractivity contribution < 1.29 is 23.4 Å². The molecule has 2 N–H and O–H groups in total. The van der Waals surface area contributed by atoms with Crippen LogP contribution in [0.25, 0.3) is 0 Å². The molecule has 0 spiro atoms. The van der Waals surface area contributed by atoms with Crippen molar-refractivity contribution in [3.8, 4) is 5.75 Å². The van der Waals surface area contributed by atoms with Crippen LogP contribution in [0.2, 0.25) is 0 Å². The van der Waals surface area contributed by atoms with Crippen LogP contribution in [0.4, 0.5) is 8.78 Å². The molecule has 16 heavy (non-hydrogen) atoms. The number of hydrogen-bond acceptors (Lipinski definition) is 3. The molecule has 0 unspecified atom stereocenters. The number of aliphatic hydroxyl groups is 1. The Morgan fingerprint density at radius 1 is 1.44 bits per heavy atom. The van der Waals surface area contributed by atoms with Crippen molar-refractivity contribution in [3.05, 3.63) is 29.8 Å². The first-order chi connectivity index (χ1) is 7.65. The van der Waals surface area contributed by atoms with Crippen molar-refractivity contribution in [1.29, 1.82) is 0 Å². The zero-order chi connectivity index (χ0) is 12.0. The van der Waals surface area contributed by atoms with Crippen molar-refractivity contribution in [2.75, 3.05) is 19.8 Å². The van der Waals surface area contributed by atoms with E-state index in [2.05, 4.69) is 5.32 Å². The normalized spacial score (nSPS) is 9.94. The Hall–Kier alpha value is -1.69. The van der Waals surface area contributed by atoms with Crippen LogP contribution in [0, 0.1) is 11.6 Å². The number of aliphatic hydroxyl groups excluding tert-OH is 1. The van der Waals surface area contributed by atoms with Gasteiger partial charge in [0.1, 0.15) is 0 Å². The number of amides is 1. The van der Waals surface area contributed by atoms with Gasteiger partial charge in [-0.3, -0.25) is 4.79 Å². The quantitative estimate of drug-likeness (QED) is 0.773. The van der Waals surface area contributed by atoms with Crippen molar-refractivity contribution in [3.63, 3.8) is 0 Å².